The lowest BCUT2D eigenvalue weighted by Gasteiger charge is -2.17. The Kier molecular flexibility index (Phi) is 5.15. The summed E-state index contributed by atoms with van der Waals surface area (Å²) in [6, 6.07) is 4.25. The van der Waals surface area contributed by atoms with Crippen molar-refractivity contribution in [2.75, 3.05) is 5.32 Å². The molecule has 0 spiro atoms. The average Bonchev–Trinajstić information content (AvgIpc) is 2.83. The number of benzene rings is 1. The fraction of sp³-hybridized carbons (Fsp3) is 0.375. The Morgan fingerprint density at radius 3 is 2.57 bits per heavy atom. The van der Waals surface area contributed by atoms with Crippen molar-refractivity contribution >= 4 is 29.0 Å². The Bertz CT molecular complexity index is 755. The lowest BCUT2D eigenvalue weighted by molar-refractivity contribution is -0.130. The van der Waals surface area contributed by atoms with Gasteiger partial charge in [-0.1, -0.05) is 29.8 Å². The number of halogens is 1. The zero-order valence-corrected chi connectivity index (χ0v) is 14.3. The van der Waals surface area contributed by atoms with Crippen molar-refractivity contribution in [3.8, 4) is 0 Å². The summed E-state index contributed by atoms with van der Waals surface area (Å²) in [6.45, 7) is 7.16. The molecule has 0 saturated heterocycles. The molecule has 2 rings (SSSR count). The van der Waals surface area contributed by atoms with Gasteiger partial charge in [0.1, 0.15) is 0 Å². The molecular weight excluding hydrogens is 316 g/mol. The average molecular weight is 335 g/mol. The van der Waals surface area contributed by atoms with E-state index in [-0.39, 0.29) is 12.2 Å². The smallest absolute Gasteiger partial charge is 0.257 e. The first-order valence-corrected chi connectivity index (χ1v) is 7.71. The highest BCUT2D eigenvalue weighted by atomic mass is 35.5. The maximum Gasteiger partial charge on any atom is 0.257 e. The van der Waals surface area contributed by atoms with Crippen molar-refractivity contribution in [3.63, 3.8) is 0 Å². The summed E-state index contributed by atoms with van der Waals surface area (Å²) in [4.78, 5) is 24.9. The Morgan fingerprint density at radius 1 is 1.30 bits per heavy atom. The van der Waals surface area contributed by atoms with E-state index in [1.807, 2.05) is 13.0 Å². The van der Waals surface area contributed by atoms with Crippen LogP contribution in [0.3, 0.4) is 0 Å². The molecule has 0 radical (unpaired) electrons. The Balaban J connectivity index is 2.36. The van der Waals surface area contributed by atoms with Crippen LogP contribution in [0.15, 0.2) is 18.2 Å². The lowest BCUT2D eigenvalue weighted by atomic mass is 10.1. The van der Waals surface area contributed by atoms with Crippen LogP contribution in [0.5, 0.6) is 0 Å². The molecule has 1 heterocycles. The summed E-state index contributed by atoms with van der Waals surface area (Å²) in [5, 5.41) is 11.0. The van der Waals surface area contributed by atoms with Gasteiger partial charge in [-0.25, -0.2) is 4.68 Å². The first kappa shape index (κ1) is 17.1. The third-order valence-electron chi connectivity index (χ3n) is 3.68. The molecule has 1 N–H and O–H groups in total. The van der Waals surface area contributed by atoms with Crippen LogP contribution in [0.4, 0.5) is 5.69 Å². The van der Waals surface area contributed by atoms with E-state index in [0.29, 0.717) is 22.1 Å². The summed E-state index contributed by atoms with van der Waals surface area (Å²) in [5.41, 5.74) is 2.79. The van der Waals surface area contributed by atoms with Crippen molar-refractivity contribution in [2.45, 2.75) is 40.2 Å². The van der Waals surface area contributed by atoms with E-state index >= 15 is 0 Å². The molecule has 0 bridgehead atoms. The molecule has 6 nitrogen and oxygen atoms in total. The number of carbonyl (C=O) groups is 2. The van der Waals surface area contributed by atoms with Gasteiger partial charge in [0.05, 0.1) is 22.1 Å². The number of hydrogen-bond donors (Lipinski definition) is 1. The number of amides is 1. The summed E-state index contributed by atoms with van der Waals surface area (Å²) in [5.74, 6) is -0.711. The molecule has 1 amide bonds. The highest BCUT2D eigenvalue weighted by Gasteiger charge is 2.30. The number of anilines is 1. The van der Waals surface area contributed by atoms with Gasteiger partial charge in [0.15, 0.2) is 11.8 Å². The largest absolute Gasteiger partial charge is 0.322 e. The van der Waals surface area contributed by atoms with Crippen LogP contribution in [0.1, 0.15) is 36.3 Å². The molecule has 1 atom stereocenters. The number of nitrogens with zero attached hydrogens (tertiary/aromatic N) is 3. The van der Waals surface area contributed by atoms with Crippen LogP contribution in [0.2, 0.25) is 5.02 Å². The van der Waals surface area contributed by atoms with Crippen LogP contribution in [-0.2, 0) is 9.59 Å². The van der Waals surface area contributed by atoms with Crippen molar-refractivity contribution in [2.24, 2.45) is 0 Å². The zero-order chi connectivity index (χ0) is 17.1. The van der Waals surface area contributed by atoms with Crippen molar-refractivity contribution in [1.29, 1.82) is 0 Å². The Hall–Kier alpha value is -2.21. The molecule has 1 aromatic carbocycles. The van der Waals surface area contributed by atoms with Gasteiger partial charge in [-0.3, -0.25) is 9.59 Å². The number of ketones is 1. The maximum atomic E-state index is 12.7. The van der Waals surface area contributed by atoms with Crippen LogP contribution >= 0.6 is 11.6 Å². The van der Waals surface area contributed by atoms with E-state index in [2.05, 4.69) is 15.6 Å². The van der Waals surface area contributed by atoms with E-state index in [9.17, 15) is 9.59 Å². The third-order valence-corrected chi connectivity index (χ3v) is 4.01. The van der Waals surface area contributed by atoms with Crippen LogP contribution < -0.4 is 5.32 Å². The quantitative estimate of drug-likeness (QED) is 0.853. The molecule has 2 aromatic rings. The molecule has 122 valence electrons. The molecule has 23 heavy (non-hydrogen) atoms. The SMILES string of the molecule is CCC(=O)C(C(=O)Nc1cc(C)ccc1Cl)n1nnc(C)c1C. The molecule has 1 unspecified atom stereocenters. The van der Waals surface area contributed by atoms with E-state index in [4.69, 9.17) is 11.6 Å². The Morgan fingerprint density at radius 2 is 2.00 bits per heavy atom. The topological polar surface area (TPSA) is 76.9 Å². The molecular formula is C16H19ClN4O2. The minimum absolute atomic E-state index is 0.220. The predicted molar refractivity (Wildman–Crippen MR) is 88.6 cm³/mol. The van der Waals surface area contributed by atoms with Crippen molar-refractivity contribution < 1.29 is 9.59 Å². The highest BCUT2D eigenvalue weighted by molar-refractivity contribution is 6.33. The maximum absolute atomic E-state index is 12.7. The second kappa shape index (κ2) is 6.91. The fourth-order valence-electron chi connectivity index (χ4n) is 2.19. The van der Waals surface area contributed by atoms with E-state index in [1.54, 1.807) is 32.9 Å². The van der Waals surface area contributed by atoms with Gasteiger partial charge in [0.2, 0.25) is 0 Å². The standard InChI is InChI=1S/C16H19ClN4O2/c1-5-14(22)15(21-11(4)10(3)19-20-21)16(23)18-13-8-9(2)6-7-12(13)17/h6-8,15H,5H2,1-4H3,(H,18,23). The summed E-state index contributed by atoms with van der Waals surface area (Å²) in [6.07, 6.45) is 0.220. The first-order chi connectivity index (χ1) is 10.8. The fourth-order valence-corrected chi connectivity index (χ4v) is 2.35. The van der Waals surface area contributed by atoms with Crippen molar-refractivity contribution in [1.82, 2.24) is 15.0 Å². The van der Waals surface area contributed by atoms with Gasteiger partial charge in [-0.2, -0.15) is 0 Å². The summed E-state index contributed by atoms with van der Waals surface area (Å²) in [7, 11) is 0. The number of rotatable bonds is 5. The number of hydrogen-bond acceptors (Lipinski definition) is 4. The summed E-state index contributed by atoms with van der Waals surface area (Å²) >= 11 is 6.11. The van der Waals surface area contributed by atoms with E-state index < -0.39 is 11.9 Å². The predicted octanol–water partition coefficient (Wildman–Crippen LogP) is 3.02. The minimum atomic E-state index is -1.06. The third kappa shape index (κ3) is 3.59. The van der Waals surface area contributed by atoms with Crippen LogP contribution in [-0.4, -0.2) is 26.7 Å². The monoisotopic (exact) mass is 334 g/mol. The zero-order valence-electron chi connectivity index (χ0n) is 13.6. The van der Waals surface area contributed by atoms with Crippen LogP contribution in [0.25, 0.3) is 0 Å². The molecule has 0 saturated carbocycles. The van der Waals surface area contributed by atoms with Crippen molar-refractivity contribution in [3.05, 3.63) is 40.2 Å². The van der Waals surface area contributed by atoms with Gasteiger partial charge in [-0.15, -0.1) is 5.10 Å². The van der Waals surface area contributed by atoms with Gasteiger partial charge < -0.3 is 5.32 Å². The number of aryl methyl sites for hydroxylation is 2. The molecule has 1 aromatic heterocycles. The minimum Gasteiger partial charge on any atom is -0.322 e. The van der Waals surface area contributed by atoms with Gasteiger partial charge in [0, 0.05) is 6.42 Å². The Labute approximate surface area is 139 Å². The van der Waals surface area contributed by atoms with E-state index in [1.165, 1.54) is 4.68 Å². The number of carbonyl (C=O) groups excluding carboxylic acids is 2. The second-order valence-electron chi connectivity index (χ2n) is 5.40. The first-order valence-electron chi connectivity index (χ1n) is 7.33. The van der Waals surface area contributed by atoms with Crippen LogP contribution in [0, 0.1) is 20.8 Å². The molecule has 0 fully saturated rings. The molecule has 0 aliphatic carbocycles. The molecule has 0 aliphatic rings. The number of nitrogens with one attached hydrogen (secondary N) is 1. The molecule has 0 aliphatic heterocycles. The lowest BCUT2D eigenvalue weighted by Crippen LogP contribution is -2.33. The highest BCUT2D eigenvalue weighted by Crippen LogP contribution is 2.24. The van der Waals surface area contributed by atoms with Gasteiger partial charge in [0.25, 0.3) is 5.91 Å². The van der Waals surface area contributed by atoms with E-state index in [0.717, 1.165) is 5.56 Å². The molecule has 7 heteroatoms. The van der Waals surface area contributed by atoms with Gasteiger partial charge >= 0.3 is 0 Å². The number of aromatic nitrogens is 3. The summed E-state index contributed by atoms with van der Waals surface area (Å²) < 4.78 is 1.36. The second-order valence-corrected chi connectivity index (χ2v) is 5.81. The van der Waals surface area contributed by atoms with Gasteiger partial charge in [-0.05, 0) is 38.5 Å². The number of Topliss-reactive ketones (excluding diaryl/α,β-unsaturated/α-hetero) is 1. The normalized spacial score (nSPS) is 12.0.